The molecule has 1 saturated carbocycles. The molecule has 0 bridgehead atoms. The van der Waals surface area contributed by atoms with Crippen LogP contribution in [-0.4, -0.2) is 31.3 Å². The molecule has 1 aliphatic carbocycles. The van der Waals surface area contributed by atoms with Gasteiger partial charge in [-0.3, -0.25) is 0 Å². The Kier molecular flexibility index (Phi) is 3.45. The molecule has 1 aromatic rings. The molecule has 0 amide bonds. The van der Waals surface area contributed by atoms with Gasteiger partial charge in [0.2, 0.25) is 0 Å². The largest absolute Gasteiger partial charge is 0.486 e. The first kappa shape index (κ1) is 11.7. The lowest BCUT2D eigenvalue weighted by atomic mass is 9.92. The third-order valence-corrected chi connectivity index (χ3v) is 2.97. The molecule has 1 aliphatic rings. The van der Waals surface area contributed by atoms with Crippen LogP contribution in [0.4, 0.5) is 5.82 Å². The van der Waals surface area contributed by atoms with Crippen molar-refractivity contribution in [2.24, 2.45) is 0 Å². The van der Waals surface area contributed by atoms with Crippen molar-refractivity contribution < 1.29 is 9.47 Å². The fraction of sp³-hybridized carbons (Fsp3) is 0.500. The number of nitrogens with zero attached hydrogens (tertiary/aromatic N) is 2. The molecule has 1 aromatic heterocycles. The number of pyridine rings is 1. The van der Waals surface area contributed by atoms with Crippen molar-refractivity contribution in [2.75, 3.05) is 19.5 Å². The van der Waals surface area contributed by atoms with Gasteiger partial charge in [-0.15, -0.1) is 0 Å². The second-order valence-corrected chi connectivity index (χ2v) is 3.94. The number of hydrogen-bond acceptors (Lipinski definition) is 5. The van der Waals surface area contributed by atoms with E-state index in [-0.39, 0.29) is 12.2 Å². The molecule has 5 heteroatoms. The van der Waals surface area contributed by atoms with Gasteiger partial charge in [-0.25, -0.2) is 4.98 Å². The van der Waals surface area contributed by atoms with Crippen molar-refractivity contribution in [3.63, 3.8) is 0 Å². The predicted molar refractivity (Wildman–Crippen MR) is 62.9 cm³/mol. The van der Waals surface area contributed by atoms with Gasteiger partial charge >= 0.3 is 0 Å². The van der Waals surface area contributed by atoms with E-state index in [4.69, 9.17) is 14.7 Å². The molecule has 5 nitrogen and oxygen atoms in total. The number of anilines is 1. The normalized spacial score (nSPS) is 22.4. The molecule has 90 valence electrons. The number of nitrogens with one attached hydrogen (secondary N) is 1. The third kappa shape index (κ3) is 2.32. The van der Waals surface area contributed by atoms with E-state index in [1.807, 2.05) is 0 Å². The first-order chi connectivity index (χ1) is 8.28. The van der Waals surface area contributed by atoms with Crippen LogP contribution in [0.25, 0.3) is 0 Å². The van der Waals surface area contributed by atoms with Gasteiger partial charge < -0.3 is 14.8 Å². The molecule has 17 heavy (non-hydrogen) atoms. The molecule has 0 radical (unpaired) electrons. The van der Waals surface area contributed by atoms with Gasteiger partial charge in [0.1, 0.15) is 29.3 Å². The number of aromatic nitrogens is 1. The smallest absolute Gasteiger partial charge is 0.142 e. The summed E-state index contributed by atoms with van der Waals surface area (Å²) in [6.45, 7) is 0. The van der Waals surface area contributed by atoms with Gasteiger partial charge in [0.15, 0.2) is 0 Å². The highest BCUT2D eigenvalue weighted by molar-refractivity contribution is 5.49. The maximum Gasteiger partial charge on any atom is 0.142 e. The second-order valence-electron chi connectivity index (χ2n) is 3.94. The highest BCUT2D eigenvalue weighted by Crippen LogP contribution is 2.30. The molecule has 0 spiro atoms. The summed E-state index contributed by atoms with van der Waals surface area (Å²) in [5, 5.41) is 11.9. The zero-order valence-corrected chi connectivity index (χ0v) is 9.93. The molecular weight excluding hydrogens is 218 g/mol. The van der Waals surface area contributed by atoms with E-state index in [0.717, 1.165) is 12.8 Å². The third-order valence-electron chi connectivity index (χ3n) is 2.97. The summed E-state index contributed by atoms with van der Waals surface area (Å²) in [7, 11) is 3.45. The monoisotopic (exact) mass is 233 g/mol. The molecule has 1 heterocycles. The van der Waals surface area contributed by atoms with Crippen LogP contribution in [0.5, 0.6) is 5.75 Å². The van der Waals surface area contributed by atoms with Crippen LogP contribution in [-0.2, 0) is 4.74 Å². The van der Waals surface area contributed by atoms with Crippen LogP contribution >= 0.6 is 0 Å². The Morgan fingerprint density at radius 2 is 2.24 bits per heavy atom. The average Bonchev–Trinajstić information content (AvgIpc) is 2.35. The minimum absolute atomic E-state index is 0.0409. The average molecular weight is 233 g/mol. The molecule has 0 aromatic carbocycles. The lowest BCUT2D eigenvalue weighted by Gasteiger charge is -2.35. The molecule has 1 fully saturated rings. The first-order valence-electron chi connectivity index (χ1n) is 5.56. The molecule has 2 atom stereocenters. The van der Waals surface area contributed by atoms with E-state index in [1.165, 1.54) is 6.20 Å². The molecule has 2 unspecified atom stereocenters. The summed E-state index contributed by atoms with van der Waals surface area (Å²) in [6.07, 6.45) is 3.65. The standard InChI is InChI=1S/C12H15N3O2/c1-14-12-5-11(8(6-13)7-15-12)17-10-4-3-9(10)16-2/h5,7,9-10H,3-4H2,1-2H3,(H,14,15). The summed E-state index contributed by atoms with van der Waals surface area (Å²) in [4.78, 5) is 4.07. The Bertz CT molecular complexity index is 440. The van der Waals surface area contributed by atoms with Crippen molar-refractivity contribution in [1.29, 1.82) is 5.26 Å². The van der Waals surface area contributed by atoms with E-state index in [0.29, 0.717) is 17.1 Å². The molecule has 2 rings (SSSR count). The maximum absolute atomic E-state index is 8.99. The maximum atomic E-state index is 8.99. The lowest BCUT2D eigenvalue weighted by Crippen LogP contribution is -2.42. The second kappa shape index (κ2) is 5.02. The zero-order valence-electron chi connectivity index (χ0n) is 9.93. The minimum atomic E-state index is 0.0409. The van der Waals surface area contributed by atoms with Crippen molar-refractivity contribution >= 4 is 5.82 Å². The highest BCUT2D eigenvalue weighted by Gasteiger charge is 2.33. The van der Waals surface area contributed by atoms with Crippen molar-refractivity contribution in [3.8, 4) is 11.8 Å². The Morgan fingerprint density at radius 1 is 1.47 bits per heavy atom. The van der Waals surface area contributed by atoms with Gasteiger partial charge in [0.05, 0.1) is 12.3 Å². The Hall–Kier alpha value is -1.80. The fourth-order valence-electron chi connectivity index (χ4n) is 1.76. The van der Waals surface area contributed by atoms with E-state index in [2.05, 4.69) is 16.4 Å². The molecule has 1 N–H and O–H groups in total. The summed E-state index contributed by atoms with van der Waals surface area (Å²) >= 11 is 0. The predicted octanol–water partition coefficient (Wildman–Crippen LogP) is 1.55. The number of hydrogen-bond donors (Lipinski definition) is 1. The first-order valence-corrected chi connectivity index (χ1v) is 5.56. The number of rotatable bonds is 4. The topological polar surface area (TPSA) is 67.2 Å². The van der Waals surface area contributed by atoms with Gasteiger partial charge in [0.25, 0.3) is 0 Å². The van der Waals surface area contributed by atoms with Crippen molar-refractivity contribution in [2.45, 2.75) is 25.0 Å². The number of methoxy groups -OCH3 is 1. The molecule has 0 saturated heterocycles. The SMILES string of the molecule is CNc1cc(OC2CCC2OC)c(C#N)cn1. The quantitative estimate of drug-likeness (QED) is 0.854. The van der Waals surface area contributed by atoms with Crippen molar-refractivity contribution in [3.05, 3.63) is 17.8 Å². The highest BCUT2D eigenvalue weighted by atomic mass is 16.5. The Morgan fingerprint density at radius 3 is 2.76 bits per heavy atom. The van der Waals surface area contributed by atoms with Crippen LogP contribution in [0.2, 0.25) is 0 Å². The van der Waals surface area contributed by atoms with Crippen LogP contribution in [0, 0.1) is 11.3 Å². The minimum Gasteiger partial charge on any atom is -0.486 e. The van der Waals surface area contributed by atoms with E-state index in [1.54, 1.807) is 20.2 Å². The van der Waals surface area contributed by atoms with Crippen LogP contribution in [0.15, 0.2) is 12.3 Å². The number of ether oxygens (including phenoxy) is 2. The lowest BCUT2D eigenvalue weighted by molar-refractivity contribution is -0.0626. The zero-order chi connectivity index (χ0) is 12.3. The fourth-order valence-corrected chi connectivity index (χ4v) is 1.76. The van der Waals surface area contributed by atoms with Crippen LogP contribution in [0.3, 0.4) is 0 Å². The summed E-state index contributed by atoms with van der Waals surface area (Å²) in [5.41, 5.74) is 0.450. The van der Waals surface area contributed by atoms with Gasteiger partial charge in [-0.05, 0) is 12.8 Å². The van der Waals surface area contributed by atoms with Gasteiger partial charge in [-0.1, -0.05) is 0 Å². The molecule has 0 aliphatic heterocycles. The van der Waals surface area contributed by atoms with Crippen LogP contribution < -0.4 is 10.1 Å². The Balaban J connectivity index is 2.16. The van der Waals surface area contributed by atoms with E-state index in [9.17, 15) is 0 Å². The van der Waals surface area contributed by atoms with Crippen LogP contribution in [0.1, 0.15) is 18.4 Å². The Labute approximate surface area is 100 Å². The van der Waals surface area contributed by atoms with E-state index < -0.39 is 0 Å². The van der Waals surface area contributed by atoms with E-state index >= 15 is 0 Å². The van der Waals surface area contributed by atoms with Gasteiger partial charge in [0, 0.05) is 20.2 Å². The summed E-state index contributed by atoms with van der Waals surface area (Å²) in [5.74, 6) is 1.26. The summed E-state index contributed by atoms with van der Waals surface area (Å²) < 4.78 is 11.1. The molecular formula is C12H15N3O2. The summed E-state index contributed by atoms with van der Waals surface area (Å²) in [6, 6.07) is 3.82. The van der Waals surface area contributed by atoms with Crippen molar-refractivity contribution in [1.82, 2.24) is 4.98 Å². The van der Waals surface area contributed by atoms with Gasteiger partial charge in [-0.2, -0.15) is 5.26 Å². The number of nitriles is 1.